The maximum Gasteiger partial charge on any atom is 0.265 e. The highest BCUT2D eigenvalue weighted by molar-refractivity contribution is 9.10. The van der Waals surface area contributed by atoms with Gasteiger partial charge >= 0.3 is 0 Å². The first-order chi connectivity index (χ1) is 11.0. The van der Waals surface area contributed by atoms with E-state index < -0.39 is 6.10 Å². The number of hydrogen-bond acceptors (Lipinski definition) is 4. The summed E-state index contributed by atoms with van der Waals surface area (Å²) in [6, 6.07) is 10.4. The van der Waals surface area contributed by atoms with Crippen molar-refractivity contribution in [3.63, 3.8) is 0 Å². The van der Waals surface area contributed by atoms with Gasteiger partial charge in [-0.15, -0.1) is 0 Å². The molecule has 0 fully saturated rings. The summed E-state index contributed by atoms with van der Waals surface area (Å²) < 4.78 is 17.0. The van der Waals surface area contributed by atoms with E-state index in [0.29, 0.717) is 28.0 Å². The van der Waals surface area contributed by atoms with Gasteiger partial charge in [0, 0.05) is 16.2 Å². The molecule has 0 unspecified atom stereocenters. The van der Waals surface area contributed by atoms with E-state index in [1.54, 1.807) is 43.3 Å². The lowest BCUT2D eigenvalue weighted by Gasteiger charge is -2.16. The van der Waals surface area contributed by atoms with Crippen LogP contribution in [-0.2, 0) is 4.79 Å². The summed E-state index contributed by atoms with van der Waals surface area (Å²) in [5, 5.41) is 3.20. The van der Waals surface area contributed by atoms with Crippen molar-refractivity contribution in [3.8, 4) is 17.2 Å². The number of anilines is 1. The van der Waals surface area contributed by atoms with Crippen molar-refractivity contribution in [2.24, 2.45) is 0 Å². The molecule has 0 aliphatic carbocycles. The maximum absolute atomic E-state index is 12.2. The molecule has 1 N–H and O–H groups in total. The van der Waals surface area contributed by atoms with Crippen LogP contribution in [-0.4, -0.2) is 18.8 Å². The number of carbonyl (C=O) groups excluding carboxylic acids is 1. The topological polar surface area (TPSA) is 56.8 Å². The minimum Gasteiger partial charge on any atom is -0.479 e. The Bertz CT molecular complexity index is 753. The maximum atomic E-state index is 12.2. The Balaban J connectivity index is 1.65. The summed E-state index contributed by atoms with van der Waals surface area (Å²) in [6.45, 7) is 1.84. The molecule has 0 radical (unpaired) electrons. The number of carbonyl (C=O) groups is 1. The van der Waals surface area contributed by atoms with E-state index in [2.05, 4.69) is 21.2 Å². The fourth-order valence-electron chi connectivity index (χ4n) is 2.03. The molecule has 1 heterocycles. The van der Waals surface area contributed by atoms with Crippen LogP contribution in [0.1, 0.15) is 6.92 Å². The lowest BCUT2D eigenvalue weighted by Crippen LogP contribution is -2.30. The SMILES string of the molecule is C[C@H](Oc1ccc(Br)cc1Cl)C(=O)Nc1ccc2c(c1)OCO2. The number of halogens is 2. The first-order valence-electron chi connectivity index (χ1n) is 6.85. The van der Waals surface area contributed by atoms with Crippen molar-refractivity contribution in [1.29, 1.82) is 0 Å². The zero-order valence-electron chi connectivity index (χ0n) is 12.1. The molecule has 120 valence electrons. The van der Waals surface area contributed by atoms with Crippen LogP contribution in [0.3, 0.4) is 0 Å². The van der Waals surface area contributed by atoms with E-state index in [0.717, 1.165) is 4.47 Å². The number of hydrogen-bond donors (Lipinski definition) is 1. The van der Waals surface area contributed by atoms with Crippen LogP contribution in [0.2, 0.25) is 5.02 Å². The lowest BCUT2D eigenvalue weighted by atomic mass is 10.2. The quantitative estimate of drug-likeness (QED) is 0.837. The van der Waals surface area contributed by atoms with Crippen LogP contribution < -0.4 is 19.5 Å². The van der Waals surface area contributed by atoms with Gasteiger partial charge in [0.05, 0.1) is 5.02 Å². The van der Waals surface area contributed by atoms with Crippen molar-refractivity contribution >= 4 is 39.1 Å². The molecule has 0 saturated heterocycles. The molecule has 0 spiro atoms. The van der Waals surface area contributed by atoms with Crippen LogP contribution in [0.4, 0.5) is 5.69 Å². The molecule has 2 aromatic rings. The number of fused-ring (bicyclic) bond motifs is 1. The third-order valence-electron chi connectivity index (χ3n) is 3.21. The zero-order chi connectivity index (χ0) is 16.4. The van der Waals surface area contributed by atoms with Crippen LogP contribution in [0, 0.1) is 0 Å². The van der Waals surface area contributed by atoms with E-state index in [1.165, 1.54) is 0 Å². The fraction of sp³-hybridized carbons (Fsp3) is 0.188. The molecule has 1 aliphatic rings. The van der Waals surface area contributed by atoms with Crippen LogP contribution >= 0.6 is 27.5 Å². The molecule has 1 amide bonds. The second-order valence-corrected chi connectivity index (χ2v) is 6.21. The molecular formula is C16H13BrClNO4. The van der Waals surface area contributed by atoms with E-state index in [4.69, 9.17) is 25.8 Å². The third-order valence-corrected chi connectivity index (χ3v) is 4.00. The van der Waals surface area contributed by atoms with Crippen molar-refractivity contribution in [1.82, 2.24) is 0 Å². The molecule has 3 rings (SSSR count). The Morgan fingerprint density at radius 1 is 1.26 bits per heavy atom. The van der Waals surface area contributed by atoms with Crippen LogP contribution in [0.25, 0.3) is 0 Å². The molecule has 1 aliphatic heterocycles. The van der Waals surface area contributed by atoms with Gasteiger partial charge in [0.2, 0.25) is 6.79 Å². The van der Waals surface area contributed by atoms with Crippen molar-refractivity contribution < 1.29 is 19.0 Å². The predicted octanol–water partition coefficient (Wildman–Crippen LogP) is 4.24. The first kappa shape index (κ1) is 16.0. The molecule has 7 heteroatoms. The van der Waals surface area contributed by atoms with Gasteiger partial charge in [-0.2, -0.15) is 0 Å². The van der Waals surface area contributed by atoms with E-state index in [9.17, 15) is 4.79 Å². The van der Waals surface area contributed by atoms with Crippen LogP contribution in [0.5, 0.6) is 17.2 Å². The van der Waals surface area contributed by atoms with E-state index >= 15 is 0 Å². The largest absolute Gasteiger partial charge is 0.479 e. The second kappa shape index (κ2) is 6.68. The average Bonchev–Trinajstić information content (AvgIpc) is 2.97. The molecule has 1 atom stereocenters. The summed E-state index contributed by atoms with van der Waals surface area (Å²) in [5.41, 5.74) is 0.608. The number of benzene rings is 2. The molecule has 0 bridgehead atoms. The normalized spacial score (nSPS) is 13.5. The molecule has 2 aromatic carbocycles. The summed E-state index contributed by atoms with van der Waals surface area (Å²) in [7, 11) is 0. The standard InChI is InChI=1S/C16H13BrClNO4/c1-9(23-13-4-2-10(17)6-12(13)18)16(20)19-11-3-5-14-15(7-11)22-8-21-14/h2-7,9H,8H2,1H3,(H,19,20)/t9-/m0/s1. The molecule has 5 nitrogen and oxygen atoms in total. The predicted molar refractivity (Wildman–Crippen MR) is 90.4 cm³/mol. The second-order valence-electron chi connectivity index (χ2n) is 4.89. The van der Waals surface area contributed by atoms with Crippen molar-refractivity contribution in [2.75, 3.05) is 12.1 Å². The number of rotatable bonds is 4. The number of amides is 1. The summed E-state index contributed by atoms with van der Waals surface area (Å²) in [4.78, 5) is 12.2. The molecule has 23 heavy (non-hydrogen) atoms. The van der Waals surface area contributed by atoms with Crippen LogP contribution in [0.15, 0.2) is 40.9 Å². The summed E-state index contributed by atoms with van der Waals surface area (Å²) >= 11 is 9.40. The van der Waals surface area contributed by atoms with E-state index in [1.807, 2.05) is 0 Å². The fourth-order valence-corrected chi connectivity index (χ4v) is 2.75. The number of nitrogens with one attached hydrogen (secondary N) is 1. The van der Waals surface area contributed by atoms with Gasteiger partial charge in [-0.3, -0.25) is 4.79 Å². The van der Waals surface area contributed by atoms with Gasteiger partial charge in [0.1, 0.15) is 5.75 Å². The Morgan fingerprint density at radius 3 is 2.83 bits per heavy atom. The number of ether oxygens (including phenoxy) is 3. The molecular weight excluding hydrogens is 386 g/mol. The van der Waals surface area contributed by atoms with Crippen molar-refractivity contribution in [3.05, 3.63) is 45.9 Å². The summed E-state index contributed by atoms with van der Waals surface area (Å²) in [5.74, 6) is 1.42. The van der Waals surface area contributed by atoms with Gasteiger partial charge in [0.25, 0.3) is 5.91 Å². The monoisotopic (exact) mass is 397 g/mol. The summed E-state index contributed by atoms with van der Waals surface area (Å²) in [6.07, 6.45) is -0.709. The molecule has 0 saturated carbocycles. The van der Waals surface area contributed by atoms with E-state index in [-0.39, 0.29) is 12.7 Å². The smallest absolute Gasteiger partial charge is 0.265 e. The van der Waals surface area contributed by atoms with Gasteiger partial charge in [-0.05, 0) is 37.3 Å². The Hall–Kier alpha value is -1.92. The van der Waals surface area contributed by atoms with Gasteiger partial charge in [-0.25, -0.2) is 0 Å². The average molecular weight is 399 g/mol. The first-order valence-corrected chi connectivity index (χ1v) is 8.02. The molecule has 0 aromatic heterocycles. The van der Waals surface area contributed by atoms with Gasteiger partial charge in [0.15, 0.2) is 17.6 Å². The van der Waals surface area contributed by atoms with Gasteiger partial charge in [-0.1, -0.05) is 27.5 Å². The third kappa shape index (κ3) is 3.71. The highest BCUT2D eigenvalue weighted by atomic mass is 79.9. The highest BCUT2D eigenvalue weighted by Gasteiger charge is 2.18. The van der Waals surface area contributed by atoms with Gasteiger partial charge < -0.3 is 19.5 Å². The van der Waals surface area contributed by atoms with Crippen molar-refractivity contribution in [2.45, 2.75) is 13.0 Å². The highest BCUT2D eigenvalue weighted by Crippen LogP contribution is 2.34. The zero-order valence-corrected chi connectivity index (χ0v) is 14.5. The minimum absolute atomic E-state index is 0.189. The Kier molecular flexibility index (Phi) is 4.63. The Labute approximate surface area is 146 Å². The Morgan fingerprint density at radius 2 is 2.04 bits per heavy atom. The lowest BCUT2D eigenvalue weighted by molar-refractivity contribution is -0.122. The minimum atomic E-state index is -0.709.